The Morgan fingerprint density at radius 2 is 1.83 bits per heavy atom. The standard InChI is InChI=1S/C21H24N2O/c1-14(2)12-21-23-19(17-6-4-5-7-20(17)24-21)13-18(22-23)16-10-8-15(3)9-11-16/h4-11,13-14,19,21-22H,12H2,1-3H3/t19-,21+/m0/s1. The van der Waals surface area contributed by atoms with Gasteiger partial charge in [0.1, 0.15) is 5.75 Å². The largest absolute Gasteiger partial charge is 0.473 e. The zero-order valence-corrected chi connectivity index (χ0v) is 14.5. The molecule has 124 valence electrons. The van der Waals surface area contributed by atoms with Gasteiger partial charge < -0.3 is 10.2 Å². The Morgan fingerprint density at radius 3 is 2.58 bits per heavy atom. The molecule has 0 saturated carbocycles. The van der Waals surface area contributed by atoms with Gasteiger partial charge in [0, 0.05) is 12.0 Å². The molecule has 3 nitrogen and oxygen atoms in total. The van der Waals surface area contributed by atoms with Crippen LogP contribution in [0.3, 0.4) is 0 Å². The fraction of sp³-hybridized carbons (Fsp3) is 0.333. The van der Waals surface area contributed by atoms with Gasteiger partial charge in [-0.1, -0.05) is 61.9 Å². The third-order valence-corrected chi connectivity index (χ3v) is 4.72. The summed E-state index contributed by atoms with van der Waals surface area (Å²) < 4.78 is 6.29. The zero-order valence-electron chi connectivity index (χ0n) is 14.5. The lowest BCUT2D eigenvalue weighted by Crippen LogP contribution is -2.49. The maximum atomic E-state index is 6.29. The van der Waals surface area contributed by atoms with Gasteiger partial charge in [-0.05, 0) is 30.5 Å². The Bertz CT molecular complexity index is 764. The second kappa shape index (κ2) is 5.99. The lowest BCUT2D eigenvalue weighted by molar-refractivity contribution is -0.0418. The van der Waals surface area contributed by atoms with E-state index < -0.39 is 0 Å². The Hall–Kier alpha value is -2.26. The molecule has 2 atom stereocenters. The SMILES string of the molecule is Cc1ccc(C2=C[C@H]3c4ccccc4O[C@H](CC(C)C)N3N2)cc1. The van der Waals surface area contributed by atoms with Crippen molar-refractivity contribution in [1.82, 2.24) is 10.4 Å². The summed E-state index contributed by atoms with van der Waals surface area (Å²) in [5, 5.41) is 2.26. The minimum absolute atomic E-state index is 0.0455. The molecule has 0 fully saturated rings. The maximum Gasteiger partial charge on any atom is 0.170 e. The predicted octanol–water partition coefficient (Wildman–Crippen LogP) is 4.66. The molecular weight excluding hydrogens is 296 g/mol. The van der Waals surface area contributed by atoms with Crippen molar-refractivity contribution in [2.45, 2.75) is 39.5 Å². The van der Waals surface area contributed by atoms with Crippen molar-refractivity contribution >= 4 is 5.70 Å². The number of hydrogen-bond donors (Lipinski definition) is 1. The molecule has 0 unspecified atom stereocenters. The number of ether oxygens (including phenoxy) is 1. The van der Waals surface area contributed by atoms with E-state index in [0.29, 0.717) is 5.92 Å². The molecule has 0 amide bonds. The van der Waals surface area contributed by atoms with E-state index in [0.717, 1.165) is 17.9 Å². The maximum absolute atomic E-state index is 6.29. The smallest absolute Gasteiger partial charge is 0.170 e. The van der Waals surface area contributed by atoms with E-state index in [1.54, 1.807) is 0 Å². The first-order valence-electron chi connectivity index (χ1n) is 8.71. The van der Waals surface area contributed by atoms with Crippen LogP contribution >= 0.6 is 0 Å². The molecule has 2 aliphatic heterocycles. The van der Waals surface area contributed by atoms with Crippen molar-refractivity contribution < 1.29 is 4.74 Å². The normalized spacial score (nSPS) is 22.4. The Balaban J connectivity index is 1.71. The van der Waals surface area contributed by atoms with Gasteiger partial charge >= 0.3 is 0 Å². The van der Waals surface area contributed by atoms with E-state index in [1.807, 2.05) is 6.07 Å². The molecule has 2 aromatic carbocycles. The number of hydrogen-bond acceptors (Lipinski definition) is 3. The zero-order chi connectivity index (χ0) is 16.7. The minimum Gasteiger partial charge on any atom is -0.473 e. The van der Waals surface area contributed by atoms with E-state index in [1.165, 1.54) is 16.7 Å². The molecule has 0 spiro atoms. The molecule has 0 aliphatic carbocycles. The predicted molar refractivity (Wildman–Crippen MR) is 97.2 cm³/mol. The van der Waals surface area contributed by atoms with Crippen molar-refractivity contribution in [3.63, 3.8) is 0 Å². The van der Waals surface area contributed by atoms with Gasteiger partial charge in [-0.25, -0.2) is 0 Å². The van der Waals surface area contributed by atoms with Crippen molar-refractivity contribution in [3.8, 4) is 5.75 Å². The van der Waals surface area contributed by atoms with Gasteiger partial charge in [0.25, 0.3) is 0 Å². The quantitative estimate of drug-likeness (QED) is 0.890. The number of fused-ring (bicyclic) bond motifs is 3. The van der Waals surface area contributed by atoms with Crippen molar-refractivity contribution in [2.24, 2.45) is 5.92 Å². The molecule has 0 aromatic heterocycles. The molecule has 3 heteroatoms. The van der Waals surface area contributed by atoms with Gasteiger partial charge in [-0.15, -0.1) is 0 Å². The third-order valence-electron chi connectivity index (χ3n) is 4.72. The van der Waals surface area contributed by atoms with Crippen LogP contribution in [0.2, 0.25) is 0 Å². The molecule has 4 rings (SSSR count). The highest BCUT2D eigenvalue weighted by molar-refractivity contribution is 5.67. The first-order chi connectivity index (χ1) is 11.6. The molecule has 24 heavy (non-hydrogen) atoms. The van der Waals surface area contributed by atoms with E-state index in [2.05, 4.69) is 79.7 Å². The van der Waals surface area contributed by atoms with Gasteiger partial charge in [-0.2, -0.15) is 5.01 Å². The number of nitrogens with one attached hydrogen (secondary N) is 1. The van der Waals surface area contributed by atoms with Crippen LogP contribution in [-0.4, -0.2) is 11.2 Å². The molecular formula is C21H24N2O. The lowest BCUT2D eigenvalue weighted by Gasteiger charge is -2.39. The molecule has 2 aliphatic rings. The van der Waals surface area contributed by atoms with E-state index >= 15 is 0 Å². The van der Waals surface area contributed by atoms with E-state index in [4.69, 9.17) is 4.74 Å². The number of nitrogens with zero attached hydrogens (tertiary/aromatic N) is 1. The molecule has 1 N–H and O–H groups in total. The summed E-state index contributed by atoms with van der Waals surface area (Å²) in [6.45, 7) is 6.60. The molecule has 0 bridgehead atoms. The van der Waals surface area contributed by atoms with Crippen molar-refractivity contribution in [2.75, 3.05) is 0 Å². The highest BCUT2D eigenvalue weighted by atomic mass is 16.5. The van der Waals surface area contributed by atoms with Crippen LogP contribution in [0.1, 0.15) is 43.0 Å². The summed E-state index contributed by atoms with van der Waals surface area (Å²) in [7, 11) is 0. The minimum atomic E-state index is 0.0455. The van der Waals surface area contributed by atoms with Crippen LogP contribution < -0.4 is 10.2 Å². The van der Waals surface area contributed by atoms with Crippen LogP contribution in [-0.2, 0) is 0 Å². The fourth-order valence-electron chi connectivity index (χ4n) is 3.47. The van der Waals surface area contributed by atoms with E-state index in [9.17, 15) is 0 Å². The monoisotopic (exact) mass is 320 g/mol. The summed E-state index contributed by atoms with van der Waals surface area (Å²) in [4.78, 5) is 0. The number of para-hydroxylation sites is 1. The average Bonchev–Trinajstić information content (AvgIpc) is 3.01. The second-order valence-corrected chi connectivity index (χ2v) is 7.15. The summed E-state index contributed by atoms with van der Waals surface area (Å²) in [5.41, 5.74) is 8.48. The summed E-state index contributed by atoms with van der Waals surface area (Å²) in [6.07, 6.45) is 3.36. The van der Waals surface area contributed by atoms with Gasteiger partial charge in [0.15, 0.2) is 6.23 Å². The summed E-state index contributed by atoms with van der Waals surface area (Å²) in [5.74, 6) is 1.58. The van der Waals surface area contributed by atoms with Crippen LogP contribution in [0.25, 0.3) is 5.70 Å². The number of aryl methyl sites for hydroxylation is 1. The molecule has 2 aromatic rings. The second-order valence-electron chi connectivity index (χ2n) is 7.15. The van der Waals surface area contributed by atoms with Crippen LogP contribution in [0.5, 0.6) is 5.75 Å². The number of hydrazine groups is 1. The van der Waals surface area contributed by atoms with Crippen LogP contribution in [0.15, 0.2) is 54.6 Å². The lowest BCUT2D eigenvalue weighted by atomic mass is 10.00. The highest BCUT2D eigenvalue weighted by Gasteiger charge is 2.39. The van der Waals surface area contributed by atoms with Gasteiger partial charge in [0.05, 0.1) is 11.7 Å². The Morgan fingerprint density at radius 1 is 1.08 bits per heavy atom. The van der Waals surface area contributed by atoms with Gasteiger partial charge in [0.2, 0.25) is 0 Å². The topological polar surface area (TPSA) is 24.5 Å². The molecule has 0 saturated heterocycles. The summed E-state index contributed by atoms with van der Waals surface area (Å²) in [6, 6.07) is 17.3. The number of benzene rings is 2. The number of rotatable bonds is 3. The summed E-state index contributed by atoms with van der Waals surface area (Å²) >= 11 is 0. The Kier molecular flexibility index (Phi) is 3.81. The van der Waals surface area contributed by atoms with Gasteiger partial charge in [-0.3, -0.25) is 0 Å². The van der Waals surface area contributed by atoms with Crippen molar-refractivity contribution in [3.05, 3.63) is 71.3 Å². The third kappa shape index (κ3) is 2.69. The first-order valence-corrected chi connectivity index (χ1v) is 8.71. The first kappa shape index (κ1) is 15.3. The average molecular weight is 320 g/mol. The van der Waals surface area contributed by atoms with Crippen LogP contribution in [0.4, 0.5) is 0 Å². The van der Waals surface area contributed by atoms with Crippen LogP contribution in [0, 0.1) is 12.8 Å². The van der Waals surface area contributed by atoms with Crippen molar-refractivity contribution in [1.29, 1.82) is 0 Å². The molecule has 2 heterocycles. The molecule has 0 radical (unpaired) electrons. The highest BCUT2D eigenvalue weighted by Crippen LogP contribution is 2.42. The fourth-order valence-corrected chi connectivity index (χ4v) is 3.47. The van der Waals surface area contributed by atoms with E-state index in [-0.39, 0.29) is 12.3 Å². The Labute approximate surface area is 143 Å².